The maximum atomic E-state index is 6.08. The van der Waals surface area contributed by atoms with Crippen LogP contribution in [0.4, 0.5) is 0 Å². The molecule has 0 saturated carbocycles. The molecule has 0 aliphatic carbocycles. The Bertz CT molecular complexity index is 33.0. The number of hydrogen-bond acceptors (Lipinski definition) is 1. The normalized spacial score (nSPS) is 5.00. The van der Waals surface area contributed by atoms with E-state index in [1.165, 1.54) is 0 Å². The van der Waals surface area contributed by atoms with E-state index in [0.29, 0.717) is 0 Å². The molecule has 0 fully saturated rings. The maximum Gasteiger partial charge on any atom is 0.0561 e. The van der Waals surface area contributed by atoms with Crippen molar-refractivity contribution >= 4 is 0 Å². The van der Waals surface area contributed by atoms with Gasteiger partial charge in [0.25, 0.3) is 0 Å². The summed E-state index contributed by atoms with van der Waals surface area (Å²) < 4.78 is 0. The van der Waals surface area contributed by atoms with Crippen LogP contribution in [0.2, 0.25) is 0 Å². The topological polar surface area (TPSA) is 26.0 Å². The van der Waals surface area contributed by atoms with Gasteiger partial charge in [-0.2, -0.15) is 0 Å². The average molecular weight is 54.1 g/mol. The summed E-state index contributed by atoms with van der Waals surface area (Å²) in [6.07, 6.45) is 6.08. The first-order valence-electron chi connectivity index (χ1n) is 1.01. The Morgan fingerprint density at radius 1 is 2.00 bits per heavy atom. The Labute approximate surface area is 25.8 Å². The lowest BCUT2D eigenvalue weighted by atomic mass is 10.7. The molecule has 0 amide bonds. The van der Waals surface area contributed by atoms with Gasteiger partial charge in [-0.05, 0) is 6.42 Å². The molecule has 0 aromatic carbocycles. The van der Waals surface area contributed by atoms with Crippen molar-refractivity contribution in [3.8, 4) is 5.92 Å². The highest BCUT2D eigenvalue weighted by molar-refractivity contribution is 4.74. The van der Waals surface area contributed by atoms with Crippen LogP contribution in [0, 0.1) is 12.3 Å². The molecule has 0 heterocycles. The highest BCUT2D eigenvalue weighted by Gasteiger charge is 1.42. The van der Waals surface area contributed by atoms with Crippen LogP contribution in [-0.2, 0) is 0 Å². The van der Waals surface area contributed by atoms with Gasteiger partial charge >= 0.3 is 0 Å². The zero-order valence-corrected chi connectivity index (χ0v) is 2.28. The van der Waals surface area contributed by atoms with E-state index in [0.717, 1.165) is 0 Å². The summed E-state index contributed by atoms with van der Waals surface area (Å²) >= 11 is 0. The molecule has 4 heavy (non-hydrogen) atoms. The van der Waals surface area contributed by atoms with Crippen LogP contribution in [0.3, 0.4) is 0 Å². The zero-order valence-electron chi connectivity index (χ0n) is 2.28. The predicted octanol–water partition coefficient (Wildman–Crippen LogP) is -0.465. The Balaban J connectivity index is 2.43. The molecule has 0 aromatic rings. The highest BCUT2D eigenvalue weighted by atomic mass is 14.5. The fraction of sp³-hybridized carbons (Fsp3) is 0.333. The molecule has 0 saturated heterocycles. The van der Waals surface area contributed by atoms with Crippen molar-refractivity contribution in [2.45, 2.75) is 0 Å². The molecule has 1 nitrogen and oxygen atoms in total. The first-order chi connectivity index (χ1) is 1.91. The molecular formula is C3H4N. The predicted molar refractivity (Wildman–Crippen MR) is 16.2 cm³/mol. The third-order valence-electron chi connectivity index (χ3n) is 0.102. The van der Waals surface area contributed by atoms with Crippen molar-refractivity contribution in [1.29, 1.82) is 0 Å². The lowest BCUT2D eigenvalue weighted by Gasteiger charge is -1.55. The SMILES string of the molecule is [C]#CCN. The Kier molecular flexibility index (Phi) is 2.22. The van der Waals surface area contributed by atoms with Crippen molar-refractivity contribution in [2.24, 2.45) is 5.73 Å². The maximum absolute atomic E-state index is 6.08. The van der Waals surface area contributed by atoms with Crippen molar-refractivity contribution in [3.05, 3.63) is 6.42 Å². The van der Waals surface area contributed by atoms with Crippen LogP contribution in [-0.4, -0.2) is 6.54 Å². The Morgan fingerprint density at radius 2 is 2.25 bits per heavy atom. The van der Waals surface area contributed by atoms with Crippen LogP contribution in [0.1, 0.15) is 0 Å². The standard InChI is InChI=1S/C3H4N/c1-2-3-4/h3-4H2. The van der Waals surface area contributed by atoms with Gasteiger partial charge in [0, 0.05) is 0 Å². The summed E-state index contributed by atoms with van der Waals surface area (Å²) in [4.78, 5) is 0. The molecule has 1 radical (unpaired) electrons. The van der Waals surface area contributed by atoms with Gasteiger partial charge in [-0.1, -0.05) is 5.92 Å². The second-order valence-corrected chi connectivity index (χ2v) is 0.381. The van der Waals surface area contributed by atoms with Crippen molar-refractivity contribution in [3.63, 3.8) is 0 Å². The molecular weight excluding hydrogens is 50.0 g/mol. The van der Waals surface area contributed by atoms with Gasteiger partial charge in [-0.15, -0.1) is 0 Å². The summed E-state index contributed by atoms with van der Waals surface area (Å²) in [5.74, 6) is 1.96. The van der Waals surface area contributed by atoms with Crippen LogP contribution >= 0.6 is 0 Å². The van der Waals surface area contributed by atoms with Crippen LogP contribution < -0.4 is 5.73 Å². The van der Waals surface area contributed by atoms with Crippen molar-refractivity contribution < 1.29 is 0 Å². The molecule has 0 spiro atoms. The average Bonchev–Trinajstić information content (AvgIpc) is 1.37. The molecule has 0 atom stereocenters. The zero-order chi connectivity index (χ0) is 3.41. The molecule has 21 valence electrons. The molecule has 0 aliphatic heterocycles. The van der Waals surface area contributed by atoms with E-state index in [9.17, 15) is 0 Å². The molecule has 1 heteroatoms. The summed E-state index contributed by atoms with van der Waals surface area (Å²) in [5.41, 5.74) is 4.73. The summed E-state index contributed by atoms with van der Waals surface area (Å²) in [6.45, 7) is 0.236. The summed E-state index contributed by atoms with van der Waals surface area (Å²) in [5, 5.41) is 0. The lowest BCUT2D eigenvalue weighted by molar-refractivity contribution is 1.30. The van der Waals surface area contributed by atoms with Crippen LogP contribution in [0.25, 0.3) is 0 Å². The molecule has 2 N–H and O–H groups in total. The molecule has 0 aliphatic rings. The van der Waals surface area contributed by atoms with E-state index >= 15 is 0 Å². The molecule has 0 aromatic heterocycles. The van der Waals surface area contributed by atoms with Gasteiger partial charge < -0.3 is 5.73 Å². The Hall–Kier alpha value is -0.480. The van der Waals surface area contributed by atoms with E-state index in [1.807, 2.05) is 5.92 Å². The van der Waals surface area contributed by atoms with Gasteiger partial charge in [0.2, 0.25) is 0 Å². The minimum absolute atomic E-state index is 0.236. The first-order valence-corrected chi connectivity index (χ1v) is 1.01. The first kappa shape index (κ1) is 3.52. The van der Waals surface area contributed by atoms with Crippen molar-refractivity contribution in [2.75, 3.05) is 6.54 Å². The molecule has 0 rings (SSSR count). The van der Waals surface area contributed by atoms with E-state index in [2.05, 4.69) is 0 Å². The van der Waals surface area contributed by atoms with Gasteiger partial charge in [-0.25, -0.2) is 0 Å². The second kappa shape index (κ2) is 2.52. The minimum Gasteiger partial charge on any atom is -0.320 e. The molecule has 0 bridgehead atoms. The highest BCUT2D eigenvalue weighted by Crippen LogP contribution is 1.26. The third kappa shape index (κ3) is 1.52. The van der Waals surface area contributed by atoms with E-state index in [-0.39, 0.29) is 6.54 Å². The van der Waals surface area contributed by atoms with Gasteiger partial charge in [0.05, 0.1) is 6.54 Å². The quantitative estimate of drug-likeness (QED) is 0.372. The van der Waals surface area contributed by atoms with Gasteiger partial charge in [0.15, 0.2) is 0 Å². The summed E-state index contributed by atoms with van der Waals surface area (Å²) in [7, 11) is 0. The van der Waals surface area contributed by atoms with Crippen LogP contribution in [0.5, 0.6) is 0 Å². The fourth-order valence-corrected chi connectivity index (χ4v) is 0. The number of rotatable bonds is 0. The second-order valence-electron chi connectivity index (χ2n) is 0.381. The monoisotopic (exact) mass is 54.0 g/mol. The smallest absolute Gasteiger partial charge is 0.0561 e. The number of hydrogen-bond donors (Lipinski definition) is 1. The van der Waals surface area contributed by atoms with E-state index in [4.69, 9.17) is 12.2 Å². The van der Waals surface area contributed by atoms with Crippen LogP contribution in [0.15, 0.2) is 0 Å². The third-order valence-corrected chi connectivity index (χ3v) is 0.102. The molecule has 0 unspecified atom stereocenters. The van der Waals surface area contributed by atoms with E-state index < -0.39 is 0 Å². The largest absolute Gasteiger partial charge is 0.320 e. The Morgan fingerprint density at radius 3 is 2.25 bits per heavy atom. The number of nitrogens with two attached hydrogens (primary N) is 1. The lowest BCUT2D eigenvalue weighted by Crippen LogP contribution is -1.91. The van der Waals surface area contributed by atoms with Gasteiger partial charge in [0.1, 0.15) is 0 Å². The van der Waals surface area contributed by atoms with E-state index in [1.54, 1.807) is 0 Å². The fourth-order valence-electron chi connectivity index (χ4n) is 0. The van der Waals surface area contributed by atoms with Crippen molar-refractivity contribution in [1.82, 2.24) is 0 Å². The van der Waals surface area contributed by atoms with Gasteiger partial charge in [-0.3, -0.25) is 0 Å². The summed E-state index contributed by atoms with van der Waals surface area (Å²) in [6, 6.07) is 0. The minimum atomic E-state index is 0.236.